The van der Waals surface area contributed by atoms with Crippen LogP contribution in [0.2, 0.25) is 0 Å². The predicted octanol–water partition coefficient (Wildman–Crippen LogP) is 3.22. The summed E-state index contributed by atoms with van der Waals surface area (Å²) in [4.78, 5) is 16.9. The number of aryl methyl sites for hydroxylation is 1. The number of rotatable bonds is 0. The summed E-state index contributed by atoms with van der Waals surface area (Å²) in [5.74, 6) is 0.115. The van der Waals surface area contributed by atoms with Gasteiger partial charge >= 0.3 is 0 Å². The van der Waals surface area contributed by atoms with E-state index in [0.717, 1.165) is 39.2 Å². The van der Waals surface area contributed by atoms with Gasteiger partial charge in [0.15, 0.2) is 5.78 Å². The van der Waals surface area contributed by atoms with Crippen molar-refractivity contribution in [3.8, 4) is 11.3 Å². The molecule has 0 N–H and O–H groups in total. The van der Waals surface area contributed by atoms with Crippen LogP contribution in [0.5, 0.6) is 0 Å². The monoisotopic (exact) mass is 223 g/mol. The number of fused-ring (bicyclic) bond motifs is 3. The topological polar surface area (TPSA) is 30.0 Å². The Morgan fingerprint density at radius 3 is 2.29 bits per heavy atom. The first-order valence-corrected chi connectivity index (χ1v) is 5.73. The van der Waals surface area contributed by atoms with Crippen molar-refractivity contribution in [3.05, 3.63) is 52.2 Å². The zero-order chi connectivity index (χ0) is 12.2. The summed E-state index contributed by atoms with van der Waals surface area (Å²) in [6.45, 7) is 6.02. The third-order valence-corrected chi connectivity index (χ3v) is 3.65. The molecule has 2 aromatic rings. The Labute approximate surface area is 100 Å². The first-order chi connectivity index (χ1) is 8.11. The second-order valence-electron chi connectivity index (χ2n) is 4.55. The Bertz CT molecular complexity index is 656. The average Bonchev–Trinajstić information content (AvgIpc) is 2.61. The molecule has 0 bridgehead atoms. The smallest absolute Gasteiger partial charge is 0.196 e. The van der Waals surface area contributed by atoms with E-state index < -0.39 is 0 Å². The molecule has 0 atom stereocenters. The van der Waals surface area contributed by atoms with Gasteiger partial charge in [-0.05, 0) is 31.9 Å². The van der Waals surface area contributed by atoms with E-state index >= 15 is 0 Å². The van der Waals surface area contributed by atoms with Crippen molar-refractivity contribution in [1.29, 1.82) is 0 Å². The minimum Gasteiger partial charge on any atom is -0.288 e. The molecule has 1 aromatic heterocycles. The van der Waals surface area contributed by atoms with Crippen LogP contribution in [0.25, 0.3) is 11.3 Å². The van der Waals surface area contributed by atoms with E-state index in [0.29, 0.717) is 0 Å². The number of pyridine rings is 1. The van der Waals surface area contributed by atoms with Gasteiger partial charge in [-0.15, -0.1) is 0 Å². The number of nitrogens with zero attached hydrogens (tertiary/aromatic N) is 1. The van der Waals surface area contributed by atoms with Gasteiger partial charge in [0.1, 0.15) is 0 Å². The van der Waals surface area contributed by atoms with Crippen LogP contribution >= 0.6 is 0 Å². The average molecular weight is 223 g/mol. The van der Waals surface area contributed by atoms with Crippen molar-refractivity contribution >= 4 is 5.78 Å². The van der Waals surface area contributed by atoms with Crippen LogP contribution in [-0.2, 0) is 0 Å². The van der Waals surface area contributed by atoms with E-state index in [9.17, 15) is 4.79 Å². The molecular formula is C15H13NO. The summed E-state index contributed by atoms with van der Waals surface area (Å²) in [6, 6.07) is 7.70. The van der Waals surface area contributed by atoms with E-state index in [1.807, 2.05) is 45.0 Å². The predicted molar refractivity (Wildman–Crippen MR) is 67.3 cm³/mol. The second kappa shape index (κ2) is 3.27. The van der Waals surface area contributed by atoms with Crippen molar-refractivity contribution in [2.24, 2.45) is 0 Å². The highest BCUT2D eigenvalue weighted by molar-refractivity contribution is 6.21. The Hall–Kier alpha value is -1.96. The summed E-state index contributed by atoms with van der Waals surface area (Å²) in [6.07, 6.45) is 0. The molecule has 1 aliphatic rings. The normalized spacial score (nSPS) is 12.5. The number of carbonyl (C=O) groups is 1. The van der Waals surface area contributed by atoms with E-state index in [1.54, 1.807) is 0 Å². The Kier molecular flexibility index (Phi) is 1.96. The minimum absolute atomic E-state index is 0.115. The quantitative estimate of drug-likeness (QED) is 0.585. The zero-order valence-corrected chi connectivity index (χ0v) is 10.2. The van der Waals surface area contributed by atoms with Crippen LogP contribution < -0.4 is 0 Å². The summed E-state index contributed by atoms with van der Waals surface area (Å²) in [5.41, 5.74) is 6.58. The number of hydrogen-bond acceptors (Lipinski definition) is 2. The molecule has 0 saturated carbocycles. The third-order valence-electron chi connectivity index (χ3n) is 3.65. The van der Waals surface area contributed by atoms with Crippen LogP contribution in [0, 0.1) is 20.8 Å². The lowest BCUT2D eigenvalue weighted by molar-refractivity contribution is 0.104. The number of aromatic nitrogens is 1. The van der Waals surface area contributed by atoms with Crippen molar-refractivity contribution in [1.82, 2.24) is 4.98 Å². The van der Waals surface area contributed by atoms with Gasteiger partial charge in [0.2, 0.25) is 0 Å². The standard InChI is InChI=1S/C15H13NO/c1-8-9(2)13-14(16-10(8)3)11-6-4-5-7-12(11)15(13)17/h4-7H,1-3H3. The fraction of sp³-hybridized carbons (Fsp3) is 0.200. The number of ketones is 1. The number of benzene rings is 1. The van der Waals surface area contributed by atoms with Gasteiger partial charge < -0.3 is 0 Å². The van der Waals surface area contributed by atoms with Gasteiger partial charge in [-0.3, -0.25) is 9.78 Å². The molecule has 0 spiro atoms. The van der Waals surface area contributed by atoms with Gasteiger partial charge in [0.05, 0.1) is 11.3 Å². The lowest BCUT2D eigenvalue weighted by atomic mass is 10.0. The highest BCUT2D eigenvalue weighted by Gasteiger charge is 2.30. The van der Waals surface area contributed by atoms with Crippen molar-refractivity contribution in [2.45, 2.75) is 20.8 Å². The van der Waals surface area contributed by atoms with Crippen LogP contribution in [0.1, 0.15) is 32.7 Å². The molecule has 0 amide bonds. The molecule has 0 aliphatic heterocycles. The Morgan fingerprint density at radius 2 is 1.59 bits per heavy atom. The molecule has 1 aliphatic carbocycles. The first-order valence-electron chi connectivity index (χ1n) is 5.73. The van der Waals surface area contributed by atoms with Crippen molar-refractivity contribution in [3.63, 3.8) is 0 Å². The fourth-order valence-corrected chi connectivity index (χ4v) is 2.44. The molecule has 2 nitrogen and oxygen atoms in total. The van der Waals surface area contributed by atoms with E-state index in [-0.39, 0.29) is 5.78 Å². The lowest BCUT2D eigenvalue weighted by Gasteiger charge is -2.09. The van der Waals surface area contributed by atoms with Crippen LogP contribution in [-0.4, -0.2) is 10.8 Å². The minimum atomic E-state index is 0.115. The fourth-order valence-electron chi connectivity index (χ4n) is 2.44. The molecule has 3 rings (SSSR count). The number of carbonyl (C=O) groups excluding carboxylic acids is 1. The molecule has 0 fully saturated rings. The highest BCUT2D eigenvalue weighted by atomic mass is 16.1. The maximum absolute atomic E-state index is 12.3. The van der Waals surface area contributed by atoms with Gasteiger partial charge in [-0.2, -0.15) is 0 Å². The Balaban J connectivity index is 2.44. The molecule has 0 saturated heterocycles. The van der Waals surface area contributed by atoms with Crippen molar-refractivity contribution in [2.75, 3.05) is 0 Å². The SMILES string of the molecule is Cc1nc2c(c(C)c1C)C(=O)c1ccccc1-2. The molecular weight excluding hydrogens is 210 g/mol. The molecule has 84 valence electrons. The van der Waals surface area contributed by atoms with E-state index in [1.165, 1.54) is 0 Å². The maximum Gasteiger partial charge on any atom is 0.196 e. The molecule has 2 heteroatoms. The summed E-state index contributed by atoms with van der Waals surface area (Å²) in [7, 11) is 0. The number of hydrogen-bond donors (Lipinski definition) is 0. The third kappa shape index (κ3) is 1.21. The van der Waals surface area contributed by atoms with Crippen LogP contribution in [0.15, 0.2) is 24.3 Å². The van der Waals surface area contributed by atoms with E-state index in [4.69, 9.17) is 0 Å². The van der Waals surface area contributed by atoms with Crippen LogP contribution in [0.4, 0.5) is 0 Å². The molecule has 17 heavy (non-hydrogen) atoms. The molecule has 1 heterocycles. The van der Waals surface area contributed by atoms with Gasteiger partial charge in [0.25, 0.3) is 0 Å². The molecule has 0 radical (unpaired) electrons. The zero-order valence-electron chi connectivity index (χ0n) is 10.2. The van der Waals surface area contributed by atoms with Crippen molar-refractivity contribution < 1.29 is 4.79 Å². The highest BCUT2D eigenvalue weighted by Crippen LogP contribution is 2.37. The maximum atomic E-state index is 12.3. The largest absolute Gasteiger partial charge is 0.288 e. The second-order valence-corrected chi connectivity index (χ2v) is 4.55. The summed E-state index contributed by atoms with van der Waals surface area (Å²) >= 11 is 0. The summed E-state index contributed by atoms with van der Waals surface area (Å²) in [5, 5.41) is 0. The Morgan fingerprint density at radius 1 is 0.941 bits per heavy atom. The van der Waals surface area contributed by atoms with Crippen LogP contribution in [0.3, 0.4) is 0 Å². The van der Waals surface area contributed by atoms with Gasteiger partial charge in [0, 0.05) is 16.8 Å². The van der Waals surface area contributed by atoms with Gasteiger partial charge in [-0.1, -0.05) is 24.3 Å². The lowest BCUT2D eigenvalue weighted by Crippen LogP contribution is -2.02. The summed E-state index contributed by atoms with van der Waals surface area (Å²) < 4.78 is 0. The molecule has 0 unspecified atom stereocenters. The van der Waals surface area contributed by atoms with Gasteiger partial charge in [-0.25, -0.2) is 0 Å². The van der Waals surface area contributed by atoms with E-state index in [2.05, 4.69) is 4.98 Å². The first kappa shape index (κ1) is 10.2. The molecule has 1 aromatic carbocycles.